The van der Waals surface area contributed by atoms with E-state index < -0.39 is 0 Å². The van der Waals surface area contributed by atoms with E-state index in [2.05, 4.69) is 15.3 Å². The Morgan fingerprint density at radius 2 is 2.08 bits per heavy atom. The van der Waals surface area contributed by atoms with Crippen molar-refractivity contribution in [2.45, 2.75) is 0 Å². The smallest absolute Gasteiger partial charge is 0.264 e. The van der Waals surface area contributed by atoms with Crippen molar-refractivity contribution in [1.29, 1.82) is 0 Å². The van der Waals surface area contributed by atoms with Crippen LogP contribution in [-0.4, -0.2) is 16.1 Å². The molecule has 1 aliphatic rings. The number of nitrogens with zero attached hydrogens (tertiary/aromatic N) is 2. The molecule has 1 amide bonds. The predicted octanol–water partition coefficient (Wildman–Crippen LogP) is 4.84. The fraction of sp³-hybridized carbons (Fsp3) is 0. The van der Waals surface area contributed by atoms with Crippen LogP contribution in [0.2, 0.25) is 5.02 Å². The van der Waals surface area contributed by atoms with Gasteiger partial charge in [-0.05, 0) is 47.7 Å². The number of carbonyl (C=O) groups is 1. The summed E-state index contributed by atoms with van der Waals surface area (Å²) in [5, 5.41) is 3.84. The van der Waals surface area contributed by atoms with Crippen molar-refractivity contribution >= 4 is 67.8 Å². The molecule has 4 nitrogen and oxygen atoms in total. The molecule has 0 spiro atoms. The van der Waals surface area contributed by atoms with Crippen molar-refractivity contribution in [3.8, 4) is 0 Å². The number of rotatable bonds is 2. The van der Waals surface area contributed by atoms with Gasteiger partial charge >= 0.3 is 0 Å². The molecule has 0 unspecified atom stereocenters. The predicted molar refractivity (Wildman–Crippen MR) is 102 cm³/mol. The van der Waals surface area contributed by atoms with Crippen LogP contribution in [0.25, 0.3) is 16.3 Å². The summed E-state index contributed by atoms with van der Waals surface area (Å²) >= 11 is 8.98. The number of thioether (sulfide) groups is 1. The molecule has 0 aliphatic carbocycles. The van der Waals surface area contributed by atoms with Crippen molar-refractivity contribution in [1.82, 2.24) is 10.3 Å². The fourth-order valence-electron chi connectivity index (χ4n) is 2.25. The van der Waals surface area contributed by atoms with E-state index >= 15 is 0 Å². The lowest BCUT2D eigenvalue weighted by Crippen LogP contribution is -2.19. The number of carbonyl (C=O) groups excluding carboxylic acids is 1. The van der Waals surface area contributed by atoms with Crippen LogP contribution in [0.5, 0.6) is 0 Å². The summed E-state index contributed by atoms with van der Waals surface area (Å²) in [6.07, 6.45) is 1.86. The van der Waals surface area contributed by atoms with E-state index in [9.17, 15) is 4.79 Å². The summed E-state index contributed by atoms with van der Waals surface area (Å²) in [4.78, 5) is 21.4. The first kappa shape index (κ1) is 15.4. The monoisotopic (exact) mass is 371 g/mol. The molecule has 7 heteroatoms. The summed E-state index contributed by atoms with van der Waals surface area (Å²) in [7, 11) is 0. The molecule has 118 valence electrons. The maximum Gasteiger partial charge on any atom is 0.264 e. The van der Waals surface area contributed by atoms with Crippen LogP contribution < -0.4 is 5.32 Å². The van der Waals surface area contributed by atoms with E-state index in [0.29, 0.717) is 20.8 Å². The zero-order valence-electron chi connectivity index (χ0n) is 12.2. The molecule has 1 N–H and O–H groups in total. The summed E-state index contributed by atoms with van der Waals surface area (Å²) in [5.41, 5.74) is 4.37. The topological polar surface area (TPSA) is 54.4 Å². The zero-order valence-corrected chi connectivity index (χ0v) is 14.6. The number of halogens is 1. The van der Waals surface area contributed by atoms with Crippen LogP contribution in [0.1, 0.15) is 5.56 Å². The van der Waals surface area contributed by atoms with Crippen molar-refractivity contribution in [3.63, 3.8) is 0 Å². The van der Waals surface area contributed by atoms with Crippen molar-refractivity contribution < 1.29 is 4.79 Å². The van der Waals surface area contributed by atoms with E-state index in [1.54, 1.807) is 17.4 Å². The average Bonchev–Trinajstić information content (AvgIpc) is 3.16. The Morgan fingerprint density at radius 1 is 1.21 bits per heavy atom. The number of fused-ring (bicyclic) bond motifs is 1. The second kappa shape index (κ2) is 6.39. The summed E-state index contributed by atoms with van der Waals surface area (Å²) < 4.78 is 1.10. The fourth-order valence-corrected chi connectivity index (χ4v) is 3.98. The highest BCUT2D eigenvalue weighted by Crippen LogP contribution is 2.31. The van der Waals surface area contributed by atoms with Gasteiger partial charge in [0.15, 0.2) is 5.17 Å². The molecule has 24 heavy (non-hydrogen) atoms. The van der Waals surface area contributed by atoms with E-state index in [1.165, 1.54) is 11.8 Å². The molecule has 0 atom stereocenters. The normalized spacial score (nSPS) is 17.8. The van der Waals surface area contributed by atoms with Gasteiger partial charge in [0.25, 0.3) is 5.91 Å². The van der Waals surface area contributed by atoms with Gasteiger partial charge in [0, 0.05) is 0 Å². The van der Waals surface area contributed by atoms with Gasteiger partial charge < -0.3 is 5.32 Å². The molecule has 1 aromatic heterocycles. The number of aliphatic imine (C=N–C) groups is 1. The highest BCUT2D eigenvalue weighted by atomic mass is 35.5. The van der Waals surface area contributed by atoms with Crippen LogP contribution in [0.3, 0.4) is 0 Å². The van der Waals surface area contributed by atoms with Gasteiger partial charge in [-0.1, -0.05) is 29.8 Å². The summed E-state index contributed by atoms with van der Waals surface area (Å²) in [6, 6.07) is 13.2. The highest BCUT2D eigenvalue weighted by Gasteiger charge is 2.24. The zero-order chi connectivity index (χ0) is 16.5. The minimum atomic E-state index is -0.157. The van der Waals surface area contributed by atoms with Crippen molar-refractivity contribution in [2.24, 2.45) is 4.99 Å². The Balaban J connectivity index is 1.63. The van der Waals surface area contributed by atoms with Crippen LogP contribution >= 0.6 is 34.7 Å². The molecule has 3 aromatic rings. The van der Waals surface area contributed by atoms with Gasteiger partial charge in [-0.15, -0.1) is 11.3 Å². The number of hydrogen-bond acceptors (Lipinski definition) is 5. The Hall–Kier alpha value is -2.15. The molecule has 1 fully saturated rings. The van der Waals surface area contributed by atoms with Crippen molar-refractivity contribution in [3.05, 3.63) is 63.5 Å². The lowest BCUT2D eigenvalue weighted by Gasteiger charge is -1.98. The second-order valence-electron chi connectivity index (χ2n) is 5.01. The lowest BCUT2D eigenvalue weighted by atomic mass is 10.2. The number of amidine groups is 1. The van der Waals surface area contributed by atoms with E-state index in [-0.39, 0.29) is 5.91 Å². The number of aromatic nitrogens is 1. The van der Waals surface area contributed by atoms with Gasteiger partial charge in [-0.2, -0.15) is 0 Å². The van der Waals surface area contributed by atoms with Crippen molar-refractivity contribution in [2.75, 3.05) is 0 Å². The van der Waals surface area contributed by atoms with Crippen LogP contribution in [0, 0.1) is 0 Å². The maximum atomic E-state index is 12.2. The minimum absolute atomic E-state index is 0.157. The van der Waals surface area contributed by atoms with Gasteiger partial charge in [-0.25, -0.2) is 9.98 Å². The Morgan fingerprint density at radius 3 is 2.96 bits per heavy atom. The number of amides is 1. The molecule has 0 bridgehead atoms. The number of hydrogen-bond donors (Lipinski definition) is 1. The number of nitrogens with one attached hydrogen (secondary N) is 1. The van der Waals surface area contributed by atoms with Gasteiger partial charge in [0.2, 0.25) is 0 Å². The average molecular weight is 372 g/mol. The molecule has 2 heterocycles. The van der Waals surface area contributed by atoms with E-state index in [0.717, 1.165) is 15.8 Å². The molecule has 1 saturated heterocycles. The Labute approximate surface area is 151 Å². The lowest BCUT2D eigenvalue weighted by molar-refractivity contribution is -0.115. The maximum absolute atomic E-state index is 12.2. The molecule has 4 rings (SSSR count). The largest absolute Gasteiger partial charge is 0.300 e. The molecular formula is C17H10ClN3OS2. The van der Waals surface area contributed by atoms with Crippen LogP contribution in [0.15, 0.2) is 57.9 Å². The number of benzene rings is 2. The Bertz CT molecular complexity index is 1010. The number of para-hydroxylation sites is 1. The third-order valence-electron chi connectivity index (χ3n) is 3.38. The molecule has 2 aromatic carbocycles. The first-order chi connectivity index (χ1) is 11.7. The standard InChI is InChI=1S/C17H10ClN3OS2/c18-11-3-1-2-4-12(11)20-17-21-16(22)15(24-17)8-10-5-6-13-14(7-10)23-9-19-13/h1-9H,(H,20,21,22)/b15-8-. The minimum Gasteiger partial charge on any atom is -0.300 e. The Kier molecular flexibility index (Phi) is 4.10. The number of thiazole rings is 1. The van der Waals surface area contributed by atoms with Gasteiger partial charge in [0.1, 0.15) is 0 Å². The SMILES string of the molecule is O=C1N/C(=N/c2ccccc2Cl)S/C1=C\c1ccc2ncsc2c1. The van der Waals surface area contributed by atoms with E-state index in [1.807, 2.05) is 48.0 Å². The third kappa shape index (κ3) is 3.08. The summed E-state index contributed by atoms with van der Waals surface area (Å²) in [6.45, 7) is 0. The first-order valence-corrected chi connectivity index (χ1v) is 9.14. The first-order valence-electron chi connectivity index (χ1n) is 7.06. The van der Waals surface area contributed by atoms with Crippen LogP contribution in [-0.2, 0) is 4.79 Å². The highest BCUT2D eigenvalue weighted by molar-refractivity contribution is 8.18. The quantitative estimate of drug-likeness (QED) is 0.655. The summed E-state index contributed by atoms with van der Waals surface area (Å²) in [5.74, 6) is -0.157. The third-order valence-corrected chi connectivity index (χ3v) is 5.40. The second-order valence-corrected chi connectivity index (χ2v) is 7.34. The van der Waals surface area contributed by atoms with Crippen LogP contribution in [0.4, 0.5) is 5.69 Å². The molecule has 0 radical (unpaired) electrons. The molecular weight excluding hydrogens is 362 g/mol. The van der Waals surface area contributed by atoms with E-state index in [4.69, 9.17) is 11.6 Å². The van der Waals surface area contributed by atoms with Gasteiger partial charge in [0.05, 0.1) is 31.3 Å². The van der Waals surface area contributed by atoms with Gasteiger partial charge in [-0.3, -0.25) is 4.79 Å². The molecule has 1 aliphatic heterocycles. The molecule has 0 saturated carbocycles.